The lowest BCUT2D eigenvalue weighted by molar-refractivity contribution is 0.0952. The number of halogens is 1. The van der Waals surface area contributed by atoms with Crippen LogP contribution < -0.4 is 10.6 Å². The highest BCUT2D eigenvalue weighted by Crippen LogP contribution is 2.21. The van der Waals surface area contributed by atoms with E-state index in [1.807, 2.05) is 30.3 Å². The molecule has 0 spiro atoms. The van der Waals surface area contributed by atoms with Gasteiger partial charge in [-0.3, -0.25) is 9.59 Å². The van der Waals surface area contributed by atoms with Crippen molar-refractivity contribution in [3.63, 3.8) is 0 Å². The number of anilines is 1. The van der Waals surface area contributed by atoms with E-state index in [9.17, 15) is 9.59 Å². The molecule has 0 aliphatic heterocycles. The van der Waals surface area contributed by atoms with E-state index >= 15 is 0 Å². The molecule has 3 aromatic rings. The Morgan fingerprint density at radius 3 is 2.48 bits per heavy atom. The van der Waals surface area contributed by atoms with Gasteiger partial charge < -0.3 is 15.1 Å². The number of furan rings is 1. The molecule has 0 fully saturated rings. The van der Waals surface area contributed by atoms with Crippen molar-refractivity contribution in [2.45, 2.75) is 6.54 Å². The summed E-state index contributed by atoms with van der Waals surface area (Å²) in [4.78, 5) is 24.7. The maximum atomic E-state index is 12.5. The zero-order valence-corrected chi connectivity index (χ0v) is 13.9. The zero-order chi connectivity index (χ0) is 17.6. The van der Waals surface area contributed by atoms with Crippen LogP contribution >= 0.6 is 11.6 Å². The first-order chi connectivity index (χ1) is 12.1. The molecule has 0 bridgehead atoms. The van der Waals surface area contributed by atoms with Gasteiger partial charge in [-0.1, -0.05) is 41.9 Å². The number of rotatable bonds is 5. The van der Waals surface area contributed by atoms with Gasteiger partial charge in [-0.05, 0) is 35.9 Å². The van der Waals surface area contributed by atoms with Gasteiger partial charge in [-0.25, -0.2) is 0 Å². The molecule has 1 aromatic heterocycles. The third-order valence-electron chi connectivity index (χ3n) is 3.52. The van der Waals surface area contributed by atoms with Gasteiger partial charge in [0.1, 0.15) is 0 Å². The van der Waals surface area contributed by atoms with E-state index in [0.29, 0.717) is 17.3 Å². The van der Waals surface area contributed by atoms with Gasteiger partial charge in [-0.15, -0.1) is 0 Å². The summed E-state index contributed by atoms with van der Waals surface area (Å²) in [5, 5.41) is 5.89. The molecule has 1 heterocycles. The van der Waals surface area contributed by atoms with Crippen molar-refractivity contribution in [1.29, 1.82) is 0 Å². The van der Waals surface area contributed by atoms with Crippen LogP contribution in [0.15, 0.2) is 71.3 Å². The Kier molecular flexibility index (Phi) is 5.16. The Labute approximate surface area is 149 Å². The van der Waals surface area contributed by atoms with Gasteiger partial charge in [0, 0.05) is 11.6 Å². The summed E-state index contributed by atoms with van der Waals surface area (Å²) < 4.78 is 5.06. The van der Waals surface area contributed by atoms with Gasteiger partial charge in [0.2, 0.25) is 0 Å². The van der Waals surface area contributed by atoms with Crippen LogP contribution in [0.25, 0.3) is 0 Å². The van der Waals surface area contributed by atoms with Crippen molar-refractivity contribution in [2.75, 3.05) is 5.32 Å². The summed E-state index contributed by atoms with van der Waals surface area (Å²) in [6, 6.07) is 17.4. The van der Waals surface area contributed by atoms with Crippen LogP contribution in [0.3, 0.4) is 0 Å². The van der Waals surface area contributed by atoms with Crippen molar-refractivity contribution in [2.24, 2.45) is 0 Å². The Bertz CT molecular complexity index is 877. The number of carbonyl (C=O) groups excluding carboxylic acids is 2. The van der Waals surface area contributed by atoms with Crippen LogP contribution in [0.2, 0.25) is 5.02 Å². The number of amides is 2. The smallest absolute Gasteiger partial charge is 0.291 e. The molecule has 5 nitrogen and oxygen atoms in total. The molecule has 0 saturated heterocycles. The summed E-state index contributed by atoms with van der Waals surface area (Å²) in [6.07, 6.45) is 1.41. The lowest BCUT2D eigenvalue weighted by Gasteiger charge is -2.11. The average molecular weight is 355 g/mol. The van der Waals surface area contributed by atoms with E-state index in [2.05, 4.69) is 10.6 Å². The topological polar surface area (TPSA) is 71.3 Å². The second-order valence-corrected chi connectivity index (χ2v) is 5.73. The quantitative estimate of drug-likeness (QED) is 0.724. The molecule has 2 aromatic carbocycles. The van der Waals surface area contributed by atoms with E-state index < -0.39 is 5.91 Å². The first-order valence-electron chi connectivity index (χ1n) is 7.60. The summed E-state index contributed by atoms with van der Waals surface area (Å²) in [5.41, 5.74) is 1.61. The highest BCUT2D eigenvalue weighted by molar-refractivity contribution is 6.31. The summed E-state index contributed by atoms with van der Waals surface area (Å²) in [7, 11) is 0. The molecule has 0 radical (unpaired) electrons. The Hall–Kier alpha value is -3.05. The van der Waals surface area contributed by atoms with Gasteiger partial charge in [0.15, 0.2) is 5.76 Å². The summed E-state index contributed by atoms with van der Waals surface area (Å²) in [6.45, 7) is 0.373. The van der Waals surface area contributed by atoms with Gasteiger partial charge in [0.05, 0.1) is 17.5 Å². The largest absolute Gasteiger partial charge is 0.459 e. The van der Waals surface area contributed by atoms with Crippen molar-refractivity contribution in [3.05, 3.63) is 88.8 Å². The highest BCUT2D eigenvalue weighted by Gasteiger charge is 2.16. The summed E-state index contributed by atoms with van der Waals surface area (Å²) >= 11 is 6.00. The monoisotopic (exact) mass is 354 g/mol. The van der Waals surface area contributed by atoms with Crippen LogP contribution in [-0.2, 0) is 6.54 Å². The molecule has 0 aliphatic carbocycles. The van der Waals surface area contributed by atoms with Crippen molar-refractivity contribution in [3.8, 4) is 0 Å². The minimum atomic E-state index is -0.440. The van der Waals surface area contributed by atoms with Crippen molar-refractivity contribution < 1.29 is 14.0 Å². The standard InChI is InChI=1S/C19H15ClN2O3/c20-14-8-9-16(22-19(24)17-7-4-10-25-17)15(11-14)18(23)21-12-13-5-2-1-3-6-13/h1-11H,12H2,(H,21,23)(H,22,24). The minimum Gasteiger partial charge on any atom is -0.459 e. The Morgan fingerprint density at radius 1 is 0.960 bits per heavy atom. The third kappa shape index (κ3) is 4.28. The van der Waals surface area contributed by atoms with Gasteiger partial charge in [-0.2, -0.15) is 0 Å². The predicted octanol–water partition coefficient (Wildman–Crippen LogP) is 4.12. The highest BCUT2D eigenvalue weighted by atomic mass is 35.5. The van der Waals surface area contributed by atoms with Crippen LogP contribution in [0.5, 0.6) is 0 Å². The fourth-order valence-electron chi connectivity index (χ4n) is 2.28. The van der Waals surface area contributed by atoms with Crippen LogP contribution in [-0.4, -0.2) is 11.8 Å². The lowest BCUT2D eigenvalue weighted by Crippen LogP contribution is -2.24. The molecule has 2 N–H and O–H groups in total. The maximum absolute atomic E-state index is 12.5. The molecule has 25 heavy (non-hydrogen) atoms. The fraction of sp³-hybridized carbons (Fsp3) is 0.0526. The van der Waals surface area contributed by atoms with E-state index in [1.54, 1.807) is 24.3 Å². The van der Waals surface area contributed by atoms with Crippen LogP contribution in [0.1, 0.15) is 26.5 Å². The van der Waals surface area contributed by atoms with Gasteiger partial charge >= 0.3 is 0 Å². The molecule has 6 heteroatoms. The van der Waals surface area contributed by atoms with Crippen molar-refractivity contribution in [1.82, 2.24) is 5.32 Å². The second-order valence-electron chi connectivity index (χ2n) is 5.29. The van der Waals surface area contributed by atoms with Crippen LogP contribution in [0, 0.1) is 0 Å². The number of hydrogen-bond acceptors (Lipinski definition) is 3. The lowest BCUT2D eigenvalue weighted by atomic mass is 10.1. The predicted molar refractivity (Wildman–Crippen MR) is 95.7 cm³/mol. The normalized spacial score (nSPS) is 10.3. The molecular formula is C19H15ClN2O3. The van der Waals surface area contributed by atoms with Crippen molar-refractivity contribution >= 4 is 29.1 Å². The maximum Gasteiger partial charge on any atom is 0.291 e. The number of benzene rings is 2. The van der Waals surface area contributed by atoms with E-state index in [1.165, 1.54) is 12.3 Å². The SMILES string of the molecule is O=C(Nc1ccc(Cl)cc1C(=O)NCc1ccccc1)c1ccco1. The van der Waals surface area contributed by atoms with E-state index in [4.69, 9.17) is 16.0 Å². The molecule has 0 saturated carbocycles. The Balaban J connectivity index is 1.76. The number of nitrogens with one attached hydrogen (secondary N) is 2. The first kappa shape index (κ1) is 16.8. The minimum absolute atomic E-state index is 0.158. The molecule has 126 valence electrons. The number of hydrogen-bond donors (Lipinski definition) is 2. The molecule has 2 amide bonds. The Morgan fingerprint density at radius 2 is 1.76 bits per heavy atom. The average Bonchev–Trinajstić information content (AvgIpc) is 3.17. The van der Waals surface area contributed by atoms with E-state index in [-0.39, 0.29) is 17.2 Å². The molecule has 3 rings (SSSR count). The molecule has 0 unspecified atom stereocenters. The summed E-state index contributed by atoms with van der Waals surface area (Å²) in [5.74, 6) is -0.615. The molecule has 0 atom stereocenters. The first-order valence-corrected chi connectivity index (χ1v) is 7.98. The number of carbonyl (C=O) groups is 2. The fourth-order valence-corrected chi connectivity index (χ4v) is 2.45. The van der Waals surface area contributed by atoms with E-state index in [0.717, 1.165) is 5.56 Å². The van der Waals surface area contributed by atoms with Crippen LogP contribution in [0.4, 0.5) is 5.69 Å². The zero-order valence-electron chi connectivity index (χ0n) is 13.2. The molecular weight excluding hydrogens is 340 g/mol. The third-order valence-corrected chi connectivity index (χ3v) is 3.75. The molecule has 0 aliphatic rings. The second kappa shape index (κ2) is 7.68. The van der Waals surface area contributed by atoms with Gasteiger partial charge in [0.25, 0.3) is 11.8 Å².